The monoisotopic (exact) mass is 289 g/mol. The Kier molecular flexibility index (Phi) is 6.67. The summed E-state index contributed by atoms with van der Waals surface area (Å²) in [5.41, 5.74) is -0.0179. The highest BCUT2D eigenvalue weighted by molar-refractivity contribution is 5.85. The number of methoxy groups -OCH3 is 1. The second-order valence-corrected chi connectivity index (χ2v) is 5.08. The van der Waals surface area contributed by atoms with Gasteiger partial charge < -0.3 is 10.1 Å². The van der Waals surface area contributed by atoms with E-state index < -0.39 is 5.41 Å². The molecule has 1 aromatic heterocycles. The number of ether oxygens (including phenoxy) is 1. The van der Waals surface area contributed by atoms with Crippen LogP contribution in [-0.4, -0.2) is 18.0 Å². The summed E-state index contributed by atoms with van der Waals surface area (Å²) in [4.78, 5) is 16.4. The van der Waals surface area contributed by atoms with E-state index in [1.54, 1.807) is 19.4 Å². The van der Waals surface area contributed by atoms with Gasteiger partial charge >= 0.3 is 0 Å². The second kappa shape index (κ2) is 8.25. The van der Waals surface area contributed by atoms with Crippen LogP contribution >= 0.6 is 0 Å². The van der Waals surface area contributed by atoms with Gasteiger partial charge in [-0.1, -0.05) is 26.7 Å². The van der Waals surface area contributed by atoms with Crippen molar-refractivity contribution >= 4 is 5.91 Å². The first-order valence-electron chi connectivity index (χ1n) is 7.30. The van der Waals surface area contributed by atoms with E-state index in [9.17, 15) is 10.1 Å². The predicted octanol–water partition coefficient (Wildman–Crippen LogP) is 2.82. The van der Waals surface area contributed by atoms with Gasteiger partial charge in [0, 0.05) is 18.8 Å². The fraction of sp³-hybridized carbons (Fsp3) is 0.562. The average Bonchev–Trinajstić information content (AvgIpc) is 2.52. The van der Waals surface area contributed by atoms with Crippen molar-refractivity contribution in [1.82, 2.24) is 10.3 Å². The second-order valence-electron chi connectivity index (χ2n) is 5.08. The summed E-state index contributed by atoms with van der Waals surface area (Å²) in [7, 11) is 1.55. The molecule has 1 N–H and O–H groups in total. The van der Waals surface area contributed by atoms with Crippen molar-refractivity contribution in [2.24, 2.45) is 5.41 Å². The maximum atomic E-state index is 12.4. The number of pyridine rings is 1. The Bertz CT molecular complexity index is 502. The van der Waals surface area contributed by atoms with E-state index in [1.807, 2.05) is 19.9 Å². The van der Waals surface area contributed by atoms with E-state index in [0.29, 0.717) is 25.3 Å². The van der Waals surface area contributed by atoms with E-state index in [1.165, 1.54) is 0 Å². The van der Waals surface area contributed by atoms with Crippen molar-refractivity contribution < 1.29 is 9.53 Å². The molecule has 114 valence electrons. The molecule has 0 bridgehead atoms. The predicted molar refractivity (Wildman–Crippen MR) is 80.5 cm³/mol. The molecule has 1 aromatic rings. The molecule has 0 aliphatic carbocycles. The number of rotatable bonds is 8. The molecule has 0 radical (unpaired) electrons. The van der Waals surface area contributed by atoms with Gasteiger partial charge in [-0.05, 0) is 24.5 Å². The molecular formula is C16H23N3O2. The molecule has 5 heteroatoms. The molecule has 1 amide bonds. The number of carbonyl (C=O) groups excluding carboxylic acids is 1. The normalized spacial score (nSPS) is 10.8. The summed E-state index contributed by atoms with van der Waals surface area (Å²) in [5, 5.41) is 12.3. The van der Waals surface area contributed by atoms with Gasteiger partial charge in [-0.15, -0.1) is 0 Å². The largest absolute Gasteiger partial charge is 0.481 e. The number of amides is 1. The Hall–Kier alpha value is -2.09. The van der Waals surface area contributed by atoms with Crippen LogP contribution in [0, 0.1) is 16.7 Å². The quantitative estimate of drug-likeness (QED) is 0.798. The number of aromatic nitrogens is 1. The molecule has 0 atom stereocenters. The number of hydrogen-bond acceptors (Lipinski definition) is 4. The first kappa shape index (κ1) is 17.0. The first-order chi connectivity index (χ1) is 10.1. The van der Waals surface area contributed by atoms with E-state index >= 15 is 0 Å². The highest BCUT2D eigenvalue weighted by Gasteiger charge is 2.36. The van der Waals surface area contributed by atoms with Crippen LogP contribution in [0.5, 0.6) is 5.88 Å². The molecule has 0 saturated carbocycles. The standard InChI is InChI=1S/C16H23N3O2/c1-4-7-16(12-17,8-5-2)15(20)19-11-13-6-9-18-14(10-13)21-3/h6,9-10H,4-5,7-8,11H2,1-3H3,(H,19,20). The lowest BCUT2D eigenvalue weighted by atomic mass is 9.79. The van der Waals surface area contributed by atoms with E-state index in [-0.39, 0.29) is 5.91 Å². The molecule has 21 heavy (non-hydrogen) atoms. The fourth-order valence-corrected chi connectivity index (χ4v) is 2.39. The summed E-state index contributed by atoms with van der Waals surface area (Å²) < 4.78 is 5.05. The smallest absolute Gasteiger partial charge is 0.240 e. The molecule has 0 unspecified atom stereocenters. The number of nitriles is 1. The molecule has 1 heterocycles. The van der Waals surface area contributed by atoms with Gasteiger partial charge in [-0.2, -0.15) is 5.26 Å². The Morgan fingerprint density at radius 1 is 1.43 bits per heavy atom. The van der Waals surface area contributed by atoms with Gasteiger partial charge in [0.2, 0.25) is 11.8 Å². The van der Waals surface area contributed by atoms with Gasteiger partial charge in [0.1, 0.15) is 5.41 Å². The Balaban J connectivity index is 2.75. The van der Waals surface area contributed by atoms with Crippen LogP contribution in [-0.2, 0) is 11.3 Å². The summed E-state index contributed by atoms with van der Waals surface area (Å²) in [6.45, 7) is 4.35. The van der Waals surface area contributed by atoms with Crippen molar-refractivity contribution in [2.75, 3.05) is 7.11 Å². The van der Waals surface area contributed by atoms with Crippen molar-refractivity contribution in [3.63, 3.8) is 0 Å². The number of nitrogens with one attached hydrogen (secondary N) is 1. The summed E-state index contributed by atoms with van der Waals surface area (Å²) >= 11 is 0. The fourth-order valence-electron chi connectivity index (χ4n) is 2.39. The average molecular weight is 289 g/mol. The van der Waals surface area contributed by atoms with Crippen LogP contribution in [0.15, 0.2) is 18.3 Å². The molecule has 0 fully saturated rings. The lowest BCUT2D eigenvalue weighted by Gasteiger charge is -2.24. The van der Waals surface area contributed by atoms with Crippen LogP contribution in [0.1, 0.15) is 45.1 Å². The minimum Gasteiger partial charge on any atom is -0.481 e. The van der Waals surface area contributed by atoms with Crippen LogP contribution in [0.25, 0.3) is 0 Å². The van der Waals surface area contributed by atoms with Crippen molar-refractivity contribution in [2.45, 2.75) is 46.1 Å². The topological polar surface area (TPSA) is 75.0 Å². The highest BCUT2D eigenvalue weighted by atomic mass is 16.5. The minimum atomic E-state index is -0.916. The molecule has 0 aromatic carbocycles. The lowest BCUT2D eigenvalue weighted by molar-refractivity contribution is -0.129. The SMILES string of the molecule is CCCC(C#N)(CCC)C(=O)NCc1ccnc(OC)c1. The summed E-state index contributed by atoms with van der Waals surface area (Å²) in [6, 6.07) is 5.81. The van der Waals surface area contributed by atoms with Crippen molar-refractivity contribution in [3.8, 4) is 11.9 Å². The third-order valence-electron chi connectivity index (χ3n) is 3.46. The first-order valence-corrected chi connectivity index (χ1v) is 7.30. The van der Waals surface area contributed by atoms with Crippen LogP contribution in [0.2, 0.25) is 0 Å². The Morgan fingerprint density at radius 2 is 2.10 bits per heavy atom. The molecular weight excluding hydrogens is 266 g/mol. The number of carbonyl (C=O) groups is 1. The zero-order chi connectivity index (χ0) is 15.7. The van der Waals surface area contributed by atoms with Gasteiger partial charge in [0.25, 0.3) is 0 Å². The zero-order valence-electron chi connectivity index (χ0n) is 13.0. The van der Waals surface area contributed by atoms with Gasteiger partial charge in [-0.25, -0.2) is 4.98 Å². The van der Waals surface area contributed by atoms with E-state index in [2.05, 4.69) is 16.4 Å². The lowest BCUT2D eigenvalue weighted by Crippen LogP contribution is -2.39. The molecule has 5 nitrogen and oxygen atoms in total. The van der Waals surface area contributed by atoms with Crippen LogP contribution < -0.4 is 10.1 Å². The highest BCUT2D eigenvalue weighted by Crippen LogP contribution is 2.29. The molecule has 0 saturated heterocycles. The zero-order valence-corrected chi connectivity index (χ0v) is 13.0. The maximum Gasteiger partial charge on any atom is 0.240 e. The van der Waals surface area contributed by atoms with E-state index in [0.717, 1.165) is 18.4 Å². The summed E-state index contributed by atoms with van der Waals surface area (Å²) in [5.74, 6) is 0.319. The van der Waals surface area contributed by atoms with Crippen LogP contribution in [0.3, 0.4) is 0 Å². The number of nitrogens with zero attached hydrogens (tertiary/aromatic N) is 2. The Labute approximate surface area is 126 Å². The molecule has 0 spiro atoms. The maximum absolute atomic E-state index is 12.4. The van der Waals surface area contributed by atoms with Gasteiger partial charge in [0.15, 0.2) is 0 Å². The van der Waals surface area contributed by atoms with Gasteiger partial charge in [0.05, 0.1) is 13.2 Å². The molecule has 0 aliphatic rings. The minimum absolute atomic E-state index is 0.190. The third-order valence-corrected chi connectivity index (χ3v) is 3.46. The third kappa shape index (κ3) is 4.45. The van der Waals surface area contributed by atoms with Crippen molar-refractivity contribution in [1.29, 1.82) is 5.26 Å². The summed E-state index contributed by atoms with van der Waals surface area (Å²) in [6.07, 6.45) is 4.43. The van der Waals surface area contributed by atoms with Crippen molar-refractivity contribution in [3.05, 3.63) is 23.9 Å². The Morgan fingerprint density at radius 3 is 2.62 bits per heavy atom. The van der Waals surface area contributed by atoms with Crippen LogP contribution in [0.4, 0.5) is 0 Å². The molecule has 1 rings (SSSR count). The number of hydrogen-bond donors (Lipinski definition) is 1. The van der Waals surface area contributed by atoms with Gasteiger partial charge in [-0.3, -0.25) is 4.79 Å². The molecule has 0 aliphatic heterocycles. The van der Waals surface area contributed by atoms with E-state index in [4.69, 9.17) is 4.74 Å².